The Morgan fingerprint density at radius 1 is 1.11 bits per heavy atom. The van der Waals surface area contributed by atoms with Gasteiger partial charge in [-0.2, -0.15) is 0 Å². The topological polar surface area (TPSA) is 114 Å². The molecule has 0 unspecified atom stereocenters. The Morgan fingerprint density at radius 3 is 2.61 bits per heavy atom. The molecule has 0 spiro atoms. The van der Waals surface area contributed by atoms with E-state index in [1.54, 1.807) is 32.3 Å². The molecule has 2 heterocycles. The maximum absolute atomic E-state index is 13.1. The van der Waals surface area contributed by atoms with Crippen molar-refractivity contribution in [2.24, 2.45) is 5.73 Å². The standard InChI is InChI=1S/C27H29N3O5S/c1-18(2)36(32,33)30-11-9-23-24(20-8-10-29-22(14-20)16-28)12-19(13-25(23)30)17-35-26-7-5-4-6-21(26)15-27(31)34-3/h4-14,18H,15-17,28H2,1-3H3. The molecule has 0 fully saturated rings. The first-order valence-corrected chi connectivity index (χ1v) is 13.1. The Kier molecular flexibility index (Phi) is 7.42. The average molecular weight is 508 g/mol. The summed E-state index contributed by atoms with van der Waals surface area (Å²) in [6.45, 7) is 3.77. The van der Waals surface area contributed by atoms with E-state index in [1.165, 1.54) is 11.1 Å². The van der Waals surface area contributed by atoms with Crippen LogP contribution in [-0.4, -0.2) is 35.7 Å². The summed E-state index contributed by atoms with van der Waals surface area (Å²) in [4.78, 5) is 16.1. The minimum absolute atomic E-state index is 0.0886. The van der Waals surface area contributed by atoms with Gasteiger partial charge in [0.15, 0.2) is 0 Å². The molecule has 2 N–H and O–H groups in total. The first-order valence-electron chi connectivity index (χ1n) is 11.6. The van der Waals surface area contributed by atoms with Crippen LogP contribution in [0.5, 0.6) is 5.75 Å². The second kappa shape index (κ2) is 10.5. The first-order chi connectivity index (χ1) is 17.2. The number of ether oxygens (including phenoxy) is 2. The quantitative estimate of drug-likeness (QED) is 0.340. The largest absolute Gasteiger partial charge is 0.489 e. The number of benzene rings is 2. The molecule has 0 aliphatic rings. The molecule has 0 aliphatic carbocycles. The zero-order chi connectivity index (χ0) is 25.9. The van der Waals surface area contributed by atoms with E-state index in [1.807, 2.05) is 48.5 Å². The summed E-state index contributed by atoms with van der Waals surface area (Å²) in [5, 5.41) is 0.203. The van der Waals surface area contributed by atoms with Gasteiger partial charge in [0, 0.05) is 29.9 Å². The zero-order valence-corrected chi connectivity index (χ0v) is 21.3. The van der Waals surface area contributed by atoms with E-state index in [0.29, 0.717) is 23.4 Å². The molecule has 2 aromatic heterocycles. The smallest absolute Gasteiger partial charge is 0.310 e. The third kappa shape index (κ3) is 5.12. The van der Waals surface area contributed by atoms with Gasteiger partial charge in [0.05, 0.1) is 30.0 Å². The first kappa shape index (κ1) is 25.4. The van der Waals surface area contributed by atoms with Gasteiger partial charge in [-0.1, -0.05) is 18.2 Å². The molecule has 188 valence electrons. The number of nitrogens with two attached hydrogens (primary N) is 1. The Labute approximate surface area is 210 Å². The number of aromatic nitrogens is 2. The Bertz CT molecular complexity index is 1510. The molecule has 0 saturated heterocycles. The summed E-state index contributed by atoms with van der Waals surface area (Å²) in [6.07, 6.45) is 3.37. The number of nitrogens with zero attached hydrogens (tertiary/aromatic N) is 2. The van der Waals surface area contributed by atoms with Gasteiger partial charge in [-0.3, -0.25) is 9.78 Å². The monoisotopic (exact) mass is 507 g/mol. The number of carbonyl (C=O) groups excluding carboxylic acids is 1. The van der Waals surface area contributed by atoms with Gasteiger partial charge < -0.3 is 15.2 Å². The average Bonchev–Trinajstić information content (AvgIpc) is 3.32. The molecule has 36 heavy (non-hydrogen) atoms. The molecule has 0 bridgehead atoms. The second-order valence-electron chi connectivity index (χ2n) is 8.67. The molecule has 0 radical (unpaired) electrons. The SMILES string of the molecule is COC(=O)Cc1ccccc1OCc1cc(-c2ccnc(CN)c2)c2ccn(S(=O)(=O)C(C)C)c2c1. The number of esters is 1. The van der Waals surface area contributed by atoms with Gasteiger partial charge in [0.1, 0.15) is 12.4 Å². The van der Waals surface area contributed by atoms with E-state index in [-0.39, 0.29) is 19.0 Å². The predicted octanol–water partition coefficient (Wildman–Crippen LogP) is 4.04. The van der Waals surface area contributed by atoms with Crippen LogP contribution in [0.25, 0.3) is 22.0 Å². The van der Waals surface area contributed by atoms with Gasteiger partial charge in [-0.25, -0.2) is 12.4 Å². The van der Waals surface area contributed by atoms with Crippen LogP contribution < -0.4 is 10.5 Å². The molecular weight excluding hydrogens is 478 g/mol. The van der Waals surface area contributed by atoms with Gasteiger partial charge >= 0.3 is 5.97 Å². The van der Waals surface area contributed by atoms with Crippen molar-refractivity contribution >= 4 is 26.9 Å². The van der Waals surface area contributed by atoms with Gasteiger partial charge in [0.25, 0.3) is 0 Å². The van der Waals surface area contributed by atoms with Crippen LogP contribution in [0.1, 0.15) is 30.7 Å². The summed E-state index contributed by atoms with van der Waals surface area (Å²) in [5.74, 6) is 0.198. The molecule has 0 saturated carbocycles. The lowest BCUT2D eigenvalue weighted by atomic mass is 9.99. The Balaban J connectivity index is 1.80. The van der Waals surface area contributed by atoms with Crippen LogP contribution >= 0.6 is 0 Å². The molecule has 0 atom stereocenters. The summed E-state index contributed by atoms with van der Waals surface area (Å²) in [7, 11) is -2.24. The number of carbonyl (C=O) groups is 1. The van der Waals surface area contributed by atoms with E-state index in [0.717, 1.165) is 27.8 Å². The van der Waals surface area contributed by atoms with Crippen molar-refractivity contribution in [2.45, 2.75) is 38.7 Å². The summed E-state index contributed by atoms with van der Waals surface area (Å²) in [5.41, 5.74) is 10.3. The lowest BCUT2D eigenvalue weighted by Crippen LogP contribution is -2.21. The van der Waals surface area contributed by atoms with Crippen LogP contribution in [0.15, 0.2) is 67.0 Å². The lowest BCUT2D eigenvalue weighted by Gasteiger charge is -2.15. The normalized spacial score (nSPS) is 11.7. The fourth-order valence-corrected chi connectivity index (χ4v) is 5.09. The van der Waals surface area contributed by atoms with Crippen molar-refractivity contribution in [3.63, 3.8) is 0 Å². The minimum Gasteiger partial charge on any atom is -0.489 e. The molecule has 0 aliphatic heterocycles. The van der Waals surface area contributed by atoms with Crippen molar-refractivity contribution in [1.29, 1.82) is 0 Å². The van der Waals surface area contributed by atoms with Gasteiger partial charge in [-0.05, 0) is 66.9 Å². The van der Waals surface area contributed by atoms with E-state index in [2.05, 4.69) is 4.98 Å². The van der Waals surface area contributed by atoms with E-state index >= 15 is 0 Å². The molecule has 2 aromatic carbocycles. The molecule has 4 aromatic rings. The number of pyridine rings is 1. The Morgan fingerprint density at radius 2 is 1.89 bits per heavy atom. The lowest BCUT2D eigenvalue weighted by molar-refractivity contribution is -0.139. The highest BCUT2D eigenvalue weighted by Crippen LogP contribution is 2.33. The second-order valence-corrected chi connectivity index (χ2v) is 11.0. The number of rotatable bonds is 9. The van der Waals surface area contributed by atoms with Gasteiger partial charge in [-0.15, -0.1) is 0 Å². The van der Waals surface area contributed by atoms with Crippen LogP contribution in [0.2, 0.25) is 0 Å². The number of fused-ring (bicyclic) bond motifs is 1. The van der Waals surface area contributed by atoms with E-state index in [9.17, 15) is 13.2 Å². The van der Waals surface area contributed by atoms with Crippen LogP contribution in [-0.2, 0) is 39.1 Å². The van der Waals surface area contributed by atoms with Crippen LogP contribution in [0.3, 0.4) is 0 Å². The van der Waals surface area contributed by atoms with Crippen molar-refractivity contribution in [3.8, 4) is 16.9 Å². The molecule has 8 nitrogen and oxygen atoms in total. The maximum Gasteiger partial charge on any atom is 0.310 e. The summed E-state index contributed by atoms with van der Waals surface area (Å²) in [6, 6.07) is 16.7. The summed E-state index contributed by atoms with van der Waals surface area (Å²) >= 11 is 0. The number of hydrogen-bond donors (Lipinski definition) is 1. The third-order valence-corrected chi connectivity index (χ3v) is 8.03. The molecular formula is C27H29N3O5S. The highest BCUT2D eigenvalue weighted by atomic mass is 32.2. The third-order valence-electron chi connectivity index (χ3n) is 5.97. The number of methoxy groups -OCH3 is 1. The summed E-state index contributed by atoms with van der Waals surface area (Å²) < 4.78 is 38.4. The molecule has 4 rings (SSSR count). The molecule has 9 heteroatoms. The maximum atomic E-state index is 13.1. The fraction of sp³-hybridized carbons (Fsp3) is 0.259. The van der Waals surface area contributed by atoms with Crippen molar-refractivity contribution in [3.05, 3.63) is 83.8 Å². The fourth-order valence-electron chi connectivity index (χ4n) is 3.98. The number of para-hydroxylation sites is 1. The van der Waals surface area contributed by atoms with E-state index < -0.39 is 15.3 Å². The Hall–Kier alpha value is -3.69. The van der Waals surface area contributed by atoms with Crippen molar-refractivity contribution < 1.29 is 22.7 Å². The number of hydrogen-bond acceptors (Lipinski definition) is 7. The van der Waals surface area contributed by atoms with E-state index in [4.69, 9.17) is 15.2 Å². The van der Waals surface area contributed by atoms with Crippen molar-refractivity contribution in [2.75, 3.05) is 7.11 Å². The van der Waals surface area contributed by atoms with Crippen molar-refractivity contribution in [1.82, 2.24) is 8.96 Å². The van der Waals surface area contributed by atoms with Crippen LogP contribution in [0.4, 0.5) is 0 Å². The highest BCUT2D eigenvalue weighted by Gasteiger charge is 2.22. The predicted molar refractivity (Wildman–Crippen MR) is 139 cm³/mol. The van der Waals surface area contributed by atoms with Gasteiger partial charge in [0.2, 0.25) is 10.0 Å². The molecule has 0 amide bonds. The minimum atomic E-state index is -3.59. The van der Waals surface area contributed by atoms with Crippen LogP contribution in [0, 0.1) is 0 Å². The zero-order valence-electron chi connectivity index (χ0n) is 20.5. The highest BCUT2D eigenvalue weighted by molar-refractivity contribution is 7.90.